The second-order valence-electron chi connectivity index (χ2n) is 28.6. The highest BCUT2D eigenvalue weighted by Gasteiger charge is 2.44. The number of primary amides is 3. The van der Waals surface area contributed by atoms with Crippen molar-refractivity contribution in [1.29, 1.82) is 0 Å². The van der Waals surface area contributed by atoms with Crippen LogP contribution in [0.25, 0.3) is 10.9 Å². The lowest BCUT2D eigenvalue weighted by Gasteiger charge is -2.33. The molecular formula is C72H110N18O26. The number of methoxy groups -OCH3 is 1. The van der Waals surface area contributed by atoms with Gasteiger partial charge < -0.3 is 127 Å². The van der Waals surface area contributed by atoms with E-state index in [9.17, 15) is 116 Å². The molecule has 644 valence electrons. The third-order valence-corrected chi connectivity index (χ3v) is 18.6. The fraction of sp³-hybridized carbons (Fsp3) is 0.611. The number of likely N-dealkylation sites (N-methyl/N-ethyl adjacent to an activating group) is 1. The number of unbranched alkanes of at least 4 members (excludes halogenated alkanes) is 4. The SMILES string of the molecule is CCC(C)C1NC(=O)C(C(C)CC(=O)O)NC(=O)C(CC(N)=O)NC(=O)CNC(=O)C(C(OC)C(=O)O)NC(=O)C(CCCCN)NC(=O)C(CC(=O)O)NC(=O)C(C)NC(=O)CN(C)C(=O)C(NC(=O)C(NC(=O)C(CC(N)=O)NC(=O)C(Cc2c[nH]c3ccccc23)NC(=O)CCCCCCC(C)C)C(O)C(N)=O)C(C)OC1=O. The number of carboxylic acid groups (broad SMARTS) is 3. The zero-order valence-corrected chi connectivity index (χ0v) is 66.0. The standard InChI is InChI=1S/C72H110N18O26/c1-10-34(4)54-72(114)116-37(7)55(87-69(110)56(58(100)60(76)101)88-66(107)44(28-47(75)92)84-63(104)42(26-38-30-77-40-21-16-15-20-39(38)40)80-48(93)23-14-12-11-13-19-33(2)3)70(111)90(8)32-50(95)79-36(6)61(102)83-45(29-52(98)99)64(105)82-41(22-17-18-24-73)62(103)89-57(59(115-9)71(112)113)67(108)78-31-49(94)81-43(27-46(74)91)65(106)85-53(68(109)86-54)35(5)25-51(96)97/h15-16,20-21,30,33-37,41-45,53-59,77,100H,10-14,17-19,22-29,31-32,73H2,1-9H3,(H2,74,91)(H2,75,92)(H2,76,101)(H,78,108)(H,79,95)(H,80,93)(H,81,94)(H,82,105)(H,83,102)(H,84,104)(H,85,106)(H,86,109)(H,87,110)(H,88,107)(H,89,103)(H,96,97)(H,98,99)(H,112,113). The van der Waals surface area contributed by atoms with E-state index in [-0.39, 0.29) is 45.1 Å². The molecule has 2 heterocycles. The van der Waals surface area contributed by atoms with Crippen molar-refractivity contribution in [2.24, 2.45) is 40.7 Å². The van der Waals surface area contributed by atoms with Gasteiger partial charge in [0.25, 0.3) is 0 Å². The van der Waals surface area contributed by atoms with Crippen LogP contribution in [-0.2, 0) is 112 Å². The predicted molar refractivity (Wildman–Crippen MR) is 405 cm³/mol. The van der Waals surface area contributed by atoms with Crippen molar-refractivity contribution in [1.82, 2.24) is 73.7 Å². The highest BCUT2D eigenvalue weighted by Crippen LogP contribution is 2.22. The number of nitrogens with two attached hydrogens (primary N) is 4. The van der Waals surface area contributed by atoms with Crippen LogP contribution in [0.3, 0.4) is 0 Å². The van der Waals surface area contributed by atoms with Crippen LogP contribution in [0.15, 0.2) is 30.5 Å². The Bertz CT molecular complexity index is 3870. The summed E-state index contributed by atoms with van der Waals surface area (Å²) in [6.07, 6.45) is -6.57. The molecule has 1 aromatic heterocycles. The number of ether oxygens (including phenoxy) is 2. The summed E-state index contributed by atoms with van der Waals surface area (Å²) in [4.78, 5) is 278. The molecule has 1 fully saturated rings. The summed E-state index contributed by atoms with van der Waals surface area (Å²) in [6.45, 7) is 7.76. The number of rotatable bonds is 36. The van der Waals surface area contributed by atoms with Gasteiger partial charge in [-0.05, 0) is 75.5 Å². The van der Waals surface area contributed by atoms with Crippen molar-refractivity contribution < 1.29 is 126 Å². The van der Waals surface area contributed by atoms with Gasteiger partial charge in [-0.1, -0.05) is 84.9 Å². The number of esters is 1. The smallest absolute Gasteiger partial charge is 0.335 e. The van der Waals surface area contributed by atoms with Crippen molar-refractivity contribution in [3.05, 3.63) is 36.0 Å². The Morgan fingerprint density at radius 3 is 1.83 bits per heavy atom. The minimum Gasteiger partial charge on any atom is -0.481 e. The molecule has 1 aromatic carbocycles. The van der Waals surface area contributed by atoms with Crippen LogP contribution in [0.1, 0.15) is 144 Å². The number of hydrogen-bond acceptors (Lipinski definition) is 24. The van der Waals surface area contributed by atoms with E-state index >= 15 is 0 Å². The number of carbonyl (C=O) groups is 20. The summed E-state index contributed by atoms with van der Waals surface area (Å²) in [7, 11) is 1.70. The van der Waals surface area contributed by atoms with Crippen LogP contribution in [0.2, 0.25) is 0 Å². The van der Waals surface area contributed by atoms with Crippen molar-refractivity contribution >= 4 is 129 Å². The molecule has 44 heteroatoms. The van der Waals surface area contributed by atoms with Crippen molar-refractivity contribution in [2.75, 3.05) is 33.8 Å². The average molecular weight is 1640 g/mol. The number of carbonyl (C=O) groups excluding carboxylic acids is 17. The number of aliphatic hydroxyl groups excluding tert-OH is 1. The first-order chi connectivity index (χ1) is 54.4. The third kappa shape index (κ3) is 32.5. The van der Waals surface area contributed by atoms with Gasteiger partial charge in [-0.2, -0.15) is 0 Å². The minimum absolute atomic E-state index is 0.00638. The molecule has 1 saturated heterocycles. The van der Waals surface area contributed by atoms with E-state index < -0.39 is 254 Å². The van der Waals surface area contributed by atoms with Crippen molar-refractivity contribution in [3.63, 3.8) is 0 Å². The lowest BCUT2D eigenvalue weighted by Crippen LogP contribution is -2.65. The van der Waals surface area contributed by atoms with Gasteiger partial charge in [-0.15, -0.1) is 0 Å². The first kappa shape index (κ1) is 98.2. The number of benzene rings is 1. The summed E-state index contributed by atoms with van der Waals surface area (Å²) in [5, 5.41) is 68.4. The van der Waals surface area contributed by atoms with Crippen LogP contribution in [0.5, 0.6) is 0 Å². The average Bonchev–Trinajstić information content (AvgIpc) is 1.76. The first-order valence-corrected chi connectivity index (χ1v) is 37.5. The number of carboxylic acids is 3. The molecule has 16 unspecified atom stereocenters. The van der Waals surface area contributed by atoms with Gasteiger partial charge >= 0.3 is 23.9 Å². The Kier molecular flexibility index (Phi) is 40.9. The lowest BCUT2D eigenvalue weighted by atomic mass is 9.94. The zero-order chi connectivity index (χ0) is 87.5. The highest BCUT2D eigenvalue weighted by atomic mass is 16.5. The molecule has 44 nitrogen and oxygen atoms in total. The molecule has 25 N–H and O–H groups in total. The van der Waals surface area contributed by atoms with E-state index in [0.29, 0.717) is 40.1 Å². The molecule has 0 bridgehead atoms. The van der Waals surface area contributed by atoms with E-state index in [0.717, 1.165) is 54.2 Å². The number of aromatic amines is 1. The molecule has 0 radical (unpaired) electrons. The number of aromatic nitrogens is 1. The maximum Gasteiger partial charge on any atom is 0.335 e. The Morgan fingerprint density at radius 1 is 0.629 bits per heavy atom. The molecule has 16 amide bonds. The maximum absolute atomic E-state index is 15.0. The monoisotopic (exact) mass is 1640 g/mol. The molecule has 0 spiro atoms. The van der Waals surface area contributed by atoms with Crippen molar-refractivity contribution in [3.8, 4) is 0 Å². The Hall–Kier alpha value is -12.0. The van der Waals surface area contributed by atoms with Crippen LogP contribution in [0.4, 0.5) is 0 Å². The third-order valence-electron chi connectivity index (χ3n) is 18.6. The van der Waals surface area contributed by atoms with Crippen LogP contribution >= 0.6 is 0 Å². The molecule has 1 aliphatic heterocycles. The molecular weight excluding hydrogens is 1530 g/mol. The zero-order valence-electron chi connectivity index (χ0n) is 66.0. The number of fused-ring (bicyclic) bond motifs is 1. The number of aliphatic hydroxyl groups is 1. The topological polar surface area (TPSA) is 708 Å². The summed E-state index contributed by atoms with van der Waals surface area (Å²) < 4.78 is 10.7. The van der Waals surface area contributed by atoms with Gasteiger partial charge in [-0.3, -0.25) is 86.3 Å². The number of H-pyrrole nitrogens is 1. The quantitative estimate of drug-likeness (QED) is 0.0223. The van der Waals surface area contributed by atoms with Gasteiger partial charge in [-0.25, -0.2) is 9.59 Å². The predicted octanol–water partition coefficient (Wildman–Crippen LogP) is -6.96. The Balaban J connectivity index is 2.29. The number of nitrogens with one attached hydrogen (secondary N) is 13. The number of aliphatic carboxylic acids is 3. The van der Waals surface area contributed by atoms with E-state index in [1.807, 2.05) is 10.6 Å². The first-order valence-electron chi connectivity index (χ1n) is 37.5. The molecule has 2 aromatic rings. The van der Waals surface area contributed by atoms with Gasteiger partial charge in [0.05, 0.1) is 38.8 Å². The normalized spacial score (nSPS) is 22.1. The fourth-order valence-corrected chi connectivity index (χ4v) is 12.0. The maximum atomic E-state index is 15.0. The van der Waals surface area contributed by atoms with Gasteiger partial charge in [0, 0.05) is 44.1 Å². The minimum atomic E-state index is -2.80. The summed E-state index contributed by atoms with van der Waals surface area (Å²) in [6, 6.07) is -15.8. The van der Waals surface area contributed by atoms with Gasteiger partial charge in [0.1, 0.15) is 72.6 Å². The fourth-order valence-electron chi connectivity index (χ4n) is 12.0. The number of amides is 16. The summed E-state index contributed by atoms with van der Waals surface area (Å²) in [5.41, 5.74) is 23.4. The highest BCUT2D eigenvalue weighted by molar-refractivity contribution is 6.03. The van der Waals surface area contributed by atoms with E-state index in [1.165, 1.54) is 13.8 Å². The molecule has 3 rings (SSSR count). The number of nitrogens with zero attached hydrogens (tertiary/aromatic N) is 1. The number of para-hydroxylation sites is 1. The second-order valence-corrected chi connectivity index (χ2v) is 28.6. The largest absolute Gasteiger partial charge is 0.481 e. The van der Waals surface area contributed by atoms with Crippen LogP contribution < -0.4 is 86.7 Å². The van der Waals surface area contributed by atoms with E-state index in [2.05, 4.69) is 72.0 Å². The summed E-state index contributed by atoms with van der Waals surface area (Å²) in [5.74, 6) is -30.4. The van der Waals surface area contributed by atoms with Crippen LogP contribution in [-0.4, -0.2) is 267 Å². The van der Waals surface area contributed by atoms with Gasteiger partial charge in [0.2, 0.25) is 94.5 Å². The molecule has 116 heavy (non-hydrogen) atoms. The molecule has 1 aliphatic rings. The Labute approximate surface area is 666 Å². The van der Waals surface area contributed by atoms with E-state index in [4.69, 9.17) is 32.4 Å². The number of hydrogen-bond donors (Lipinski definition) is 21. The number of cyclic esters (lactones) is 1. The molecule has 16 atom stereocenters. The summed E-state index contributed by atoms with van der Waals surface area (Å²) >= 11 is 0. The Morgan fingerprint density at radius 2 is 1.23 bits per heavy atom. The second kappa shape index (κ2) is 48.3. The molecule has 0 saturated carbocycles. The van der Waals surface area contributed by atoms with Crippen LogP contribution in [0, 0.1) is 17.8 Å². The molecule has 0 aliphatic carbocycles. The van der Waals surface area contributed by atoms with Crippen molar-refractivity contribution in [2.45, 2.75) is 230 Å². The van der Waals surface area contributed by atoms with Gasteiger partial charge in [0.15, 0.2) is 12.2 Å². The lowest BCUT2D eigenvalue weighted by molar-refractivity contribution is -0.159. The van der Waals surface area contributed by atoms with E-state index in [1.54, 1.807) is 30.5 Å².